The van der Waals surface area contributed by atoms with E-state index in [2.05, 4.69) is 24.3 Å². The van der Waals surface area contributed by atoms with Gasteiger partial charge in [0.25, 0.3) is 5.91 Å². The van der Waals surface area contributed by atoms with Crippen molar-refractivity contribution in [2.24, 2.45) is 5.14 Å². The highest BCUT2D eigenvalue weighted by molar-refractivity contribution is 7.89. The first-order chi connectivity index (χ1) is 21.2. The minimum Gasteiger partial charge on any atom is -0.482 e. The highest BCUT2D eigenvalue weighted by Crippen LogP contribution is 2.28. The maximum Gasteiger partial charge on any atom is 0.344 e. The fourth-order valence-electron chi connectivity index (χ4n) is 5.09. The number of carbonyl (C=O) groups is 2. The van der Waals surface area contributed by atoms with Crippen molar-refractivity contribution in [3.63, 3.8) is 0 Å². The Balaban J connectivity index is 1.52. The van der Waals surface area contributed by atoms with Crippen molar-refractivity contribution in [2.75, 3.05) is 26.3 Å². The number of carbonyl (C=O) groups excluding carboxylic acids is 2. The van der Waals surface area contributed by atoms with E-state index in [0.717, 1.165) is 16.7 Å². The zero-order chi connectivity index (χ0) is 31.4. The Labute approximate surface area is 259 Å². The molecule has 0 aliphatic rings. The van der Waals surface area contributed by atoms with Gasteiger partial charge in [0.2, 0.25) is 10.0 Å². The van der Waals surface area contributed by atoms with Crippen LogP contribution < -0.4 is 9.88 Å². The van der Waals surface area contributed by atoms with E-state index in [0.29, 0.717) is 44.7 Å². The number of nitrogens with two attached hydrogens (primary N) is 1. The van der Waals surface area contributed by atoms with E-state index >= 15 is 0 Å². The molecule has 0 heterocycles. The van der Waals surface area contributed by atoms with Gasteiger partial charge in [0.1, 0.15) is 5.75 Å². The molecule has 230 valence electrons. The summed E-state index contributed by atoms with van der Waals surface area (Å²) in [7, 11) is -3.96. The summed E-state index contributed by atoms with van der Waals surface area (Å²) >= 11 is 0. The molecule has 44 heavy (non-hydrogen) atoms. The fraction of sp³-hybridized carbons (Fsp3) is 0.257. The lowest BCUT2D eigenvalue weighted by Crippen LogP contribution is -2.34. The van der Waals surface area contributed by atoms with Gasteiger partial charge in [-0.15, -0.1) is 0 Å². The van der Waals surface area contributed by atoms with E-state index in [1.54, 1.807) is 24.0 Å². The van der Waals surface area contributed by atoms with E-state index in [4.69, 9.17) is 14.6 Å². The van der Waals surface area contributed by atoms with E-state index in [1.165, 1.54) is 18.2 Å². The second-order valence-corrected chi connectivity index (χ2v) is 11.9. The summed E-state index contributed by atoms with van der Waals surface area (Å²) in [5.41, 5.74) is 3.58. The first-order valence-electron chi connectivity index (χ1n) is 14.6. The number of rotatable bonds is 15. The fourth-order valence-corrected chi connectivity index (χ4v) is 5.65. The first kappa shape index (κ1) is 32.4. The van der Waals surface area contributed by atoms with Gasteiger partial charge in [-0.25, -0.2) is 18.4 Å². The lowest BCUT2D eigenvalue weighted by Gasteiger charge is -2.26. The Morgan fingerprint density at radius 3 is 2.11 bits per heavy atom. The first-order valence-corrected chi connectivity index (χ1v) is 16.2. The molecule has 0 aliphatic heterocycles. The van der Waals surface area contributed by atoms with Crippen molar-refractivity contribution in [3.05, 3.63) is 131 Å². The molecular weight excluding hydrogens is 576 g/mol. The molecule has 9 heteroatoms. The number of aryl methyl sites for hydroxylation is 1. The third-order valence-electron chi connectivity index (χ3n) is 7.24. The minimum absolute atomic E-state index is 0.0664. The van der Waals surface area contributed by atoms with E-state index in [-0.39, 0.29) is 28.9 Å². The lowest BCUT2D eigenvalue weighted by atomic mass is 9.88. The Morgan fingerprint density at radius 1 is 0.818 bits per heavy atom. The number of benzene rings is 4. The molecule has 0 fully saturated rings. The highest BCUT2D eigenvalue weighted by Gasteiger charge is 2.21. The number of sulfonamides is 1. The molecule has 0 unspecified atom stereocenters. The minimum atomic E-state index is -3.96. The summed E-state index contributed by atoms with van der Waals surface area (Å²) in [5, 5.41) is 5.35. The molecule has 1 amide bonds. The van der Waals surface area contributed by atoms with Crippen LogP contribution in [0.3, 0.4) is 0 Å². The van der Waals surface area contributed by atoms with Crippen LogP contribution in [0.4, 0.5) is 0 Å². The van der Waals surface area contributed by atoms with Crippen molar-refractivity contribution < 1.29 is 27.5 Å². The number of esters is 1. The van der Waals surface area contributed by atoms with Crippen molar-refractivity contribution in [3.8, 4) is 5.75 Å². The Bertz CT molecular complexity index is 1590. The van der Waals surface area contributed by atoms with Crippen LogP contribution >= 0.6 is 0 Å². The summed E-state index contributed by atoms with van der Waals surface area (Å²) in [4.78, 5) is 27.2. The predicted molar refractivity (Wildman–Crippen MR) is 170 cm³/mol. The van der Waals surface area contributed by atoms with Gasteiger partial charge in [-0.2, -0.15) is 0 Å². The van der Waals surface area contributed by atoms with Gasteiger partial charge < -0.3 is 14.4 Å². The van der Waals surface area contributed by atoms with Crippen LogP contribution in [0.5, 0.6) is 5.75 Å². The summed E-state index contributed by atoms with van der Waals surface area (Å²) in [6.45, 7) is 2.77. The predicted octanol–water partition coefficient (Wildman–Crippen LogP) is 5.57. The summed E-state index contributed by atoms with van der Waals surface area (Å²) in [6, 6.07) is 33.7. The summed E-state index contributed by atoms with van der Waals surface area (Å²) < 4.78 is 34.5. The van der Waals surface area contributed by atoms with Crippen molar-refractivity contribution >= 4 is 21.9 Å². The zero-order valence-electron chi connectivity index (χ0n) is 24.8. The molecular formula is C35H38N2O6S. The van der Waals surface area contributed by atoms with Crippen molar-refractivity contribution in [1.82, 2.24) is 4.90 Å². The number of primary sulfonamides is 1. The summed E-state index contributed by atoms with van der Waals surface area (Å²) in [5.74, 6) is -0.0571. The van der Waals surface area contributed by atoms with Crippen molar-refractivity contribution in [2.45, 2.75) is 37.0 Å². The molecule has 0 radical (unpaired) electrons. The lowest BCUT2D eigenvalue weighted by molar-refractivity contribution is -0.145. The topological polar surface area (TPSA) is 116 Å². The van der Waals surface area contributed by atoms with E-state index < -0.39 is 16.0 Å². The molecule has 0 aromatic heterocycles. The molecule has 0 spiro atoms. The Morgan fingerprint density at radius 2 is 1.48 bits per heavy atom. The smallest absolute Gasteiger partial charge is 0.344 e. The third-order valence-corrected chi connectivity index (χ3v) is 8.15. The molecule has 4 aromatic rings. The van der Waals surface area contributed by atoms with E-state index in [1.807, 2.05) is 54.6 Å². The maximum absolute atomic E-state index is 13.8. The molecule has 4 aromatic carbocycles. The average molecular weight is 615 g/mol. The van der Waals surface area contributed by atoms with Gasteiger partial charge in [-0.3, -0.25) is 4.79 Å². The van der Waals surface area contributed by atoms with Gasteiger partial charge in [-0.05, 0) is 73.2 Å². The van der Waals surface area contributed by atoms with Crippen LogP contribution in [0.1, 0.15) is 52.7 Å². The quantitative estimate of drug-likeness (QED) is 0.175. The number of amides is 1. The Kier molecular flexibility index (Phi) is 11.7. The Hall–Kier alpha value is -4.47. The number of hydrogen-bond acceptors (Lipinski definition) is 6. The second kappa shape index (κ2) is 15.8. The van der Waals surface area contributed by atoms with Crippen LogP contribution in [-0.2, 0) is 26.0 Å². The number of nitrogens with zero attached hydrogens (tertiary/aromatic N) is 1. The average Bonchev–Trinajstić information content (AvgIpc) is 3.04. The van der Waals surface area contributed by atoms with Crippen LogP contribution in [0.2, 0.25) is 0 Å². The van der Waals surface area contributed by atoms with Crippen molar-refractivity contribution in [1.29, 1.82) is 0 Å². The molecule has 4 rings (SSSR count). The molecule has 0 aliphatic carbocycles. The monoisotopic (exact) mass is 614 g/mol. The zero-order valence-corrected chi connectivity index (χ0v) is 25.6. The standard InChI is InChI=1S/C35H38N2O6S/c1-2-42-34(38)26-43-31-19-9-12-27(24-31)13-11-22-37(35(39)30-18-10-20-32(25-30)44(36,40)41)23-21-33(28-14-5-3-6-15-28)29-16-7-4-8-17-29/h3-10,12,14-20,24-25,33H,2,11,13,21-23,26H2,1H3,(H2,36,40,41). The van der Waals surface area contributed by atoms with Gasteiger partial charge in [0.15, 0.2) is 6.61 Å². The molecule has 0 saturated heterocycles. The van der Waals surface area contributed by atoms with Crippen LogP contribution in [0, 0.1) is 0 Å². The third kappa shape index (κ3) is 9.52. The van der Waals surface area contributed by atoms with Crippen LogP contribution in [0.25, 0.3) is 0 Å². The van der Waals surface area contributed by atoms with Gasteiger partial charge in [0, 0.05) is 24.6 Å². The SMILES string of the molecule is CCOC(=O)COc1cccc(CCCN(CCC(c2ccccc2)c2ccccc2)C(=O)c2cccc(S(N)(=O)=O)c2)c1. The maximum atomic E-state index is 13.8. The second-order valence-electron chi connectivity index (χ2n) is 10.4. The van der Waals surface area contributed by atoms with Crippen LogP contribution in [-0.4, -0.2) is 51.5 Å². The highest BCUT2D eigenvalue weighted by atomic mass is 32.2. The summed E-state index contributed by atoms with van der Waals surface area (Å²) in [6.07, 6.45) is 1.99. The molecule has 8 nitrogen and oxygen atoms in total. The van der Waals surface area contributed by atoms with Gasteiger partial charge in [-0.1, -0.05) is 78.9 Å². The van der Waals surface area contributed by atoms with E-state index in [9.17, 15) is 18.0 Å². The molecule has 0 bridgehead atoms. The molecule has 2 N–H and O–H groups in total. The number of ether oxygens (including phenoxy) is 2. The van der Waals surface area contributed by atoms with Gasteiger partial charge in [0.05, 0.1) is 11.5 Å². The number of hydrogen-bond donors (Lipinski definition) is 1. The normalized spacial score (nSPS) is 11.2. The molecule has 0 saturated carbocycles. The van der Waals surface area contributed by atoms with Gasteiger partial charge >= 0.3 is 5.97 Å². The van der Waals surface area contributed by atoms with Crippen LogP contribution in [0.15, 0.2) is 114 Å². The molecule has 0 atom stereocenters. The largest absolute Gasteiger partial charge is 0.482 e.